The maximum absolute atomic E-state index is 13.0. The number of carboxylic acids is 1. The van der Waals surface area contributed by atoms with Crippen LogP contribution in [0.15, 0.2) is 42.5 Å². The molecule has 7 heteroatoms. The summed E-state index contributed by atoms with van der Waals surface area (Å²) in [5.74, 6) is 5.35. The maximum Gasteiger partial charge on any atom is 0.303 e. The number of benzene rings is 2. The Balaban J connectivity index is 1.59. The monoisotopic (exact) mass is 432 g/mol. The molecule has 1 aliphatic heterocycles. The van der Waals surface area contributed by atoms with Crippen LogP contribution in [0.2, 0.25) is 0 Å². The molecule has 1 unspecified atom stereocenters. The smallest absolute Gasteiger partial charge is 0.303 e. The lowest BCUT2D eigenvalue weighted by atomic mass is 10.0. The van der Waals surface area contributed by atoms with Crippen LogP contribution in [0.4, 0.5) is 5.69 Å². The zero-order valence-electron chi connectivity index (χ0n) is 18.1. The number of nitrogen functional groups attached to an aromatic ring is 1. The van der Waals surface area contributed by atoms with Crippen LogP contribution in [0.1, 0.15) is 52.7 Å². The van der Waals surface area contributed by atoms with Crippen molar-refractivity contribution >= 4 is 23.4 Å². The van der Waals surface area contributed by atoms with Crippen LogP contribution in [0.25, 0.3) is 0 Å². The van der Waals surface area contributed by atoms with Gasteiger partial charge >= 0.3 is 5.97 Å². The molecule has 0 aliphatic carbocycles. The number of nitrogens with one attached hydrogen (secondary N) is 2. The molecule has 1 aliphatic rings. The summed E-state index contributed by atoms with van der Waals surface area (Å²) in [6.07, 6.45) is 2.33. The lowest BCUT2D eigenvalue weighted by molar-refractivity contribution is -0.137. The van der Waals surface area contributed by atoms with Crippen LogP contribution in [0.5, 0.6) is 0 Å². The molecule has 2 aromatic rings. The van der Waals surface area contributed by atoms with Gasteiger partial charge in [0.25, 0.3) is 5.91 Å². The Labute approximate surface area is 188 Å². The van der Waals surface area contributed by atoms with E-state index >= 15 is 0 Å². The Bertz CT molecular complexity index is 1070. The summed E-state index contributed by atoms with van der Waals surface area (Å²) in [5, 5.41) is 19.6. The molecule has 1 heterocycles. The minimum atomic E-state index is -0.828. The third kappa shape index (κ3) is 5.88. The van der Waals surface area contributed by atoms with E-state index in [2.05, 4.69) is 17.2 Å². The SMILES string of the molecule is Cc1cc(C#CCNc2ccc(C(=N)N)cc2)ccc1C(=O)N1CCCC1CCC(=O)O. The van der Waals surface area contributed by atoms with Gasteiger partial charge in [0.2, 0.25) is 0 Å². The molecule has 5 N–H and O–H groups in total. The number of amides is 1. The minimum absolute atomic E-state index is 0.00643. The fourth-order valence-corrected chi connectivity index (χ4v) is 3.89. The van der Waals surface area contributed by atoms with Crippen LogP contribution in [-0.4, -0.2) is 46.8 Å². The van der Waals surface area contributed by atoms with E-state index in [1.165, 1.54) is 0 Å². The van der Waals surface area contributed by atoms with Gasteiger partial charge in [-0.15, -0.1) is 0 Å². The highest BCUT2D eigenvalue weighted by molar-refractivity contribution is 5.96. The fraction of sp³-hybridized carbons (Fsp3) is 0.320. The van der Waals surface area contributed by atoms with Crippen molar-refractivity contribution in [2.75, 3.05) is 18.4 Å². The largest absolute Gasteiger partial charge is 0.481 e. The first-order valence-electron chi connectivity index (χ1n) is 10.7. The summed E-state index contributed by atoms with van der Waals surface area (Å²) in [7, 11) is 0. The number of anilines is 1. The van der Waals surface area contributed by atoms with Crippen molar-refractivity contribution < 1.29 is 14.7 Å². The first-order chi connectivity index (χ1) is 15.3. The Hall–Kier alpha value is -3.79. The van der Waals surface area contributed by atoms with Gasteiger partial charge in [-0.25, -0.2) is 0 Å². The van der Waals surface area contributed by atoms with Gasteiger partial charge in [-0.05, 0) is 74.2 Å². The second kappa shape index (κ2) is 10.5. The van der Waals surface area contributed by atoms with Crippen molar-refractivity contribution in [1.29, 1.82) is 5.41 Å². The third-order valence-corrected chi connectivity index (χ3v) is 5.60. The molecule has 0 aromatic heterocycles. The van der Waals surface area contributed by atoms with Gasteiger partial charge in [-0.3, -0.25) is 15.0 Å². The number of carbonyl (C=O) groups is 2. The van der Waals surface area contributed by atoms with Crippen LogP contribution in [0, 0.1) is 24.2 Å². The van der Waals surface area contributed by atoms with Gasteiger partial charge in [0.05, 0.1) is 6.54 Å². The molecule has 0 radical (unpaired) electrons. The Morgan fingerprint density at radius 3 is 2.66 bits per heavy atom. The number of amidine groups is 1. The van der Waals surface area contributed by atoms with Gasteiger partial charge in [0.1, 0.15) is 5.84 Å². The van der Waals surface area contributed by atoms with Gasteiger partial charge < -0.3 is 21.1 Å². The number of likely N-dealkylation sites (tertiary alicyclic amines) is 1. The molecule has 7 nitrogen and oxygen atoms in total. The van der Waals surface area contributed by atoms with Crippen molar-refractivity contribution in [2.45, 2.75) is 38.6 Å². The van der Waals surface area contributed by atoms with Gasteiger partial charge in [-0.2, -0.15) is 0 Å². The van der Waals surface area contributed by atoms with E-state index in [4.69, 9.17) is 16.2 Å². The molecular formula is C25H28N4O3. The average molecular weight is 433 g/mol. The number of nitrogens with two attached hydrogens (primary N) is 1. The van der Waals surface area contributed by atoms with E-state index in [0.29, 0.717) is 30.6 Å². The zero-order valence-corrected chi connectivity index (χ0v) is 18.1. The van der Waals surface area contributed by atoms with E-state index in [0.717, 1.165) is 29.7 Å². The molecule has 1 fully saturated rings. The summed E-state index contributed by atoms with van der Waals surface area (Å²) < 4.78 is 0. The molecule has 166 valence electrons. The summed E-state index contributed by atoms with van der Waals surface area (Å²) >= 11 is 0. The number of nitrogens with zero attached hydrogens (tertiary/aromatic N) is 1. The number of aryl methyl sites for hydroxylation is 1. The van der Waals surface area contributed by atoms with E-state index in [-0.39, 0.29) is 24.2 Å². The van der Waals surface area contributed by atoms with E-state index in [1.54, 1.807) is 12.1 Å². The molecule has 32 heavy (non-hydrogen) atoms. The first-order valence-corrected chi connectivity index (χ1v) is 10.7. The summed E-state index contributed by atoms with van der Waals surface area (Å²) in [4.78, 5) is 25.7. The van der Waals surface area contributed by atoms with Gasteiger partial charge in [0.15, 0.2) is 0 Å². The molecule has 0 spiro atoms. The highest BCUT2D eigenvalue weighted by Gasteiger charge is 2.30. The number of carboxylic acid groups (broad SMARTS) is 1. The molecule has 1 amide bonds. The zero-order chi connectivity index (χ0) is 23.1. The van der Waals surface area contributed by atoms with Crippen molar-refractivity contribution in [3.05, 3.63) is 64.7 Å². The average Bonchev–Trinajstić information content (AvgIpc) is 3.24. The predicted octanol–water partition coefficient (Wildman–Crippen LogP) is 3.21. The third-order valence-electron chi connectivity index (χ3n) is 5.60. The minimum Gasteiger partial charge on any atom is -0.481 e. The van der Waals surface area contributed by atoms with Crippen LogP contribution >= 0.6 is 0 Å². The number of rotatable bonds is 7. The second-order valence-electron chi connectivity index (χ2n) is 7.90. The standard InChI is InChI=1S/C25H28N4O3/c1-17-16-18(4-2-14-28-20-9-7-19(8-10-20)24(26)27)6-12-22(17)25(32)29-15-3-5-21(29)11-13-23(30)31/h6-10,12,16,21,28H,3,5,11,13-15H2,1H3,(H3,26,27)(H,30,31). The summed E-state index contributed by atoms with van der Waals surface area (Å²) in [5.41, 5.74) is 9.35. The topological polar surface area (TPSA) is 120 Å². The van der Waals surface area contributed by atoms with Crippen LogP contribution in [-0.2, 0) is 4.79 Å². The van der Waals surface area contributed by atoms with Crippen molar-refractivity contribution in [1.82, 2.24) is 4.90 Å². The quantitative estimate of drug-likeness (QED) is 0.304. The second-order valence-corrected chi connectivity index (χ2v) is 7.90. The highest BCUT2D eigenvalue weighted by atomic mass is 16.4. The molecule has 3 rings (SSSR count). The predicted molar refractivity (Wildman–Crippen MR) is 125 cm³/mol. The molecular weight excluding hydrogens is 404 g/mol. The lowest BCUT2D eigenvalue weighted by Crippen LogP contribution is -2.36. The van der Waals surface area contributed by atoms with Crippen molar-refractivity contribution in [3.63, 3.8) is 0 Å². The van der Waals surface area contributed by atoms with Crippen molar-refractivity contribution in [3.8, 4) is 11.8 Å². The van der Waals surface area contributed by atoms with E-state index < -0.39 is 5.97 Å². The Morgan fingerprint density at radius 1 is 1.25 bits per heavy atom. The molecule has 0 bridgehead atoms. The number of carbonyl (C=O) groups excluding carboxylic acids is 1. The molecule has 1 atom stereocenters. The van der Waals surface area contributed by atoms with Crippen LogP contribution < -0.4 is 11.1 Å². The fourth-order valence-electron chi connectivity index (χ4n) is 3.89. The first kappa shape index (κ1) is 22.9. The Morgan fingerprint density at radius 2 is 2.00 bits per heavy atom. The number of aliphatic carboxylic acids is 1. The van der Waals surface area contributed by atoms with Crippen molar-refractivity contribution in [2.24, 2.45) is 5.73 Å². The maximum atomic E-state index is 13.0. The molecule has 1 saturated heterocycles. The summed E-state index contributed by atoms with van der Waals surface area (Å²) in [6.45, 7) is 3.02. The molecule has 2 aromatic carbocycles. The normalized spacial score (nSPS) is 15.0. The Kier molecular flexibility index (Phi) is 7.50. The highest BCUT2D eigenvalue weighted by Crippen LogP contribution is 2.25. The lowest BCUT2D eigenvalue weighted by Gasteiger charge is -2.25. The van der Waals surface area contributed by atoms with Crippen LogP contribution in [0.3, 0.4) is 0 Å². The summed E-state index contributed by atoms with van der Waals surface area (Å²) in [6, 6.07) is 12.8. The number of hydrogen-bond donors (Lipinski definition) is 4. The van der Waals surface area contributed by atoms with E-state index in [1.807, 2.05) is 42.2 Å². The van der Waals surface area contributed by atoms with Gasteiger partial charge in [-0.1, -0.05) is 11.8 Å². The molecule has 0 saturated carbocycles. The number of hydrogen-bond acceptors (Lipinski definition) is 4. The van der Waals surface area contributed by atoms with Gasteiger partial charge in [0, 0.05) is 41.4 Å². The van der Waals surface area contributed by atoms with E-state index in [9.17, 15) is 9.59 Å².